The molecule has 0 spiro atoms. The molecule has 0 aliphatic carbocycles. The first-order valence-electron chi connectivity index (χ1n) is 7.67. The molecule has 2 nitrogen and oxygen atoms in total. The summed E-state index contributed by atoms with van der Waals surface area (Å²) in [7, 11) is 1.71. The molecule has 22 heavy (non-hydrogen) atoms. The number of hydrogen-bond acceptors (Lipinski definition) is 2. The van der Waals surface area contributed by atoms with Crippen molar-refractivity contribution in [3.63, 3.8) is 0 Å². The summed E-state index contributed by atoms with van der Waals surface area (Å²) in [5, 5.41) is 6.06. The average Bonchev–Trinajstić information content (AvgIpc) is 2.59. The maximum absolute atomic E-state index is 5.35. The summed E-state index contributed by atoms with van der Waals surface area (Å²) in [5.74, 6) is 0.914. The Bertz CT molecular complexity index is 737. The molecule has 2 heteroatoms. The SMILES string of the molecule is COc1ccc2cccc(CCNCc3ccccc3)c2c1. The number of hydrogen-bond donors (Lipinski definition) is 1. The predicted molar refractivity (Wildman–Crippen MR) is 92.4 cm³/mol. The van der Waals surface area contributed by atoms with Crippen LogP contribution in [0.1, 0.15) is 11.1 Å². The second-order valence-corrected chi connectivity index (χ2v) is 5.42. The minimum absolute atomic E-state index is 0.912. The molecule has 3 aromatic carbocycles. The Morgan fingerprint density at radius 1 is 0.909 bits per heavy atom. The third kappa shape index (κ3) is 3.46. The van der Waals surface area contributed by atoms with Crippen molar-refractivity contribution in [2.75, 3.05) is 13.7 Å². The van der Waals surface area contributed by atoms with E-state index in [1.165, 1.54) is 21.9 Å². The minimum Gasteiger partial charge on any atom is -0.497 e. The highest BCUT2D eigenvalue weighted by molar-refractivity contribution is 5.87. The maximum atomic E-state index is 5.35. The number of rotatable bonds is 6. The van der Waals surface area contributed by atoms with Gasteiger partial charge in [-0.15, -0.1) is 0 Å². The van der Waals surface area contributed by atoms with Gasteiger partial charge in [0.2, 0.25) is 0 Å². The smallest absolute Gasteiger partial charge is 0.119 e. The highest BCUT2D eigenvalue weighted by Gasteiger charge is 2.02. The van der Waals surface area contributed by atoms with Gasteiger partial charge < -0.3 is 10.1 Å². The topological polar surface area (TPSA) is 21.3 Å². The summed E-state index contributed by atoms with van der Waals surface area (Å²) < 4.78 is 5.35. The zero-order valence-electron chi connectivity index (χ0n) is 12.9. The van der Waals surface area contributed by atoms with Gasteiger partial charge in [-0.25, -0.2) is 0 Å². The van der Waals surface area contributed by atoms with Crippen molar-refractivity contribution in [1.82, 2.24) is 5.32 Å². The molecular weight excluding hydrogens is 270 g/mol. The second-order valence-electron chi connectivity index (χ2n) is 5.42. The second kappa shape index (κ2) is 7.10. The highest BCUT2D eigenvalue weighted by Crippen LogP contribution is 2.24. The molecule has 0 atom stereocenters. The number of nitrogens with one attached hydrogen (secondary N) is 1. The van der Waals surface area contributed by atoms with Gasteiger partial charge in [0.15, 0.2) is 0 Å². The van der Waals surface area contributed by atoms with Crippen molar-refractivity contribution < 1.29 is 4.74 Å². The number of fused-ring (bicyclic) bond motifs is 1. The maximum Gasteiger partial charge on any atom is 0.119 e. The van der Waals surface area contributed by atoms with Gasteiger partial charge >= 0.3 is 0 Å². The standard InChI is InChI=1S/C20H21NO/c1-22-19-11-10-17-8-5-9-18(20(17)14-19)12-13-21-15-16-6-3-2-4-7-16/h2-11,14,21H,12-13,15H2,1H3. The Balaban J connectivity index is 1.66. The van der Waals surface area contributed by atoms with Crippen LogP contribution in [0, 0.1) is 0 Å². The molecule has 0 fully saturated rings. The molecule has 0 aromatic heterocycles. The number of methoxy groups -OCH3 is 1. The van der Waals surface area contributed by atoms with Crippen molar-refractivity contribution in [2.45, 2.75) is 13.0 Å². The molecule has 1 N–H and O–H groups in total. The van der Waals surface area contributed by atoms with Crippen molar-refractivity contribution in [1.29, 1.82) is 0 Å². The van der Waals surface area contributed by atoms with Crippen molar-refractivity contribution in [3.8, 4) is 5.75 Å². The van der Waals surface area contributed by atoms with Crippen LogP contribution in [0.3, 0.4) is 0 Å². The van der Waals surface area contributed by atoms with Crippen LogP contribution in [0.25, 0.3) is 10.8 Å². The normalized spacial score (nSPS) is 10.8. The fraction of sp³-hybridized carbons (Fsp3) is 0.200. The third-order valence-corrected chi connectivity index (χ3v) is 3.92. The number of ether oxygens (including phenoxy) is 1. The lowest BCUT2D eigenvalue weighted by Crippen LogP contribution is -2.16. The summed E-state index contributed by atoms with van der Waals surface area (Å²) in [6.07, 6.45) is 1.01. The molecule has 0 bridgehead atoms. The van der Waals surface area contributed by atoms with Gasteiger partial charge in [0.05, 0.1) is 7.11 Å². The summed E-state index contributed by atoms with van der Waals surface area (Å²) in [5.41, 5.74) is 2.68. The molecule has 0 amide bonds. The van der Waals surface area contributed by atoms with E-state index in [0.717, 1.165) is 25.3 Å². The van der Waals surface area contributed by atoms with Crippen LogP contribution in [-0.2, 0) is 13.0 Å². The molecule has 0 aliphatic rings. The summed E-state index contributed by atoms with van der Waals surface area (Å²) in [6.45, 7) is 1.88. The van der Waals surface area contributed by atoms with Gasteiger partial charge in [-0.3, -0.25) is 0 Å². The monoisotopic (exact) mass is 291 g/mol. The predicted octanol–water partition coefficient (Wildman–Crippen LogP) is 4.18. The molecular formula is C20H21NO. The molecule has 112 valence electrons. The van der Waals surface area contributed by atoms with Crippen LogP contribution in [0.4, 0.5) is 0 Å². The lowest BCUT2D eigenvalue weighted by Gasteiger charge is -2.09. The van der Waals surface area contributed by atoms with E-state index in [1.807, 2.05) is 12.1 Å². The van der Waals surface area contributed by atoms with E-state index in [2.05, 4.69) is 59.9 Å². The van der Waals surface area contributed by atoms with Crippen LogP contribution in [0.2, 0.25) is 0 Å². The van der Waals surface area contributed by atoms with Crippen LogP contribution in [-0.4, -0.2) is 13.7 Å². The molecule has 3 aromatic rings. The molecule has 0 aliphatic heterocycles. The Kier molecular flexibility index (Phi) is 4.71. The van der Waals surface area contributed by atoms with Gasteiger partial charge in [0.1, 0.15) is 5.75 Å². The average molecular weight is 291 g/mol. The van der Waals surface area contributed by atoms with E-state index in [-0.39, 0.29) is 0 Å². The van der Waals surface area contributed by atoms with Crippen molar-refractivity contribution in [3.05, 3.63) is 77.9 Å². The first kappa shape index (κ1) is 14.6. The Labute approximate surface area is 131 Å². The van der Waals surface area contributed by atoms with Crippen LogP contribution in [0.15, 0.2) is 66.7 Å². The van der Waals surface area contributed by atoms with E-state index in [1.54, 1.807) is 7.11 Å². The van der Waals surface area contributed by atoms with Crippen LogP contribution >= 0.6 is 0 Å². The van der Waals surface area contributed by atoms with Gasteiger partial charge in [0, 0.05) is 6.54 Å². The lowest BCUT2D eigenvalue weighted by atomic mass is 10.0. The summed E-state index contributed by atoms with van der Waals surface area (Å²) in [6, 6.07) is 23.2. The fourth-order valence-electron chi connectivity index (χ4n) is 2.71. The molecule has 0 saturated heterocycles. The van der Waals surface area contributed by atoms with E-state index >= 15 is 0 Å². The first-order chi connectivity index (χ1) is 10.9. The first-order valence-corrected chi connectivity index (χ1v) is 7.67. The third-order valence-electron chi connectivity index (χ3n) is 3.92. The lowest BCUT2D eigenvalue weighted by molar-refractivity contribution is 0.415. The molecule has 0 unspecified atom stereocenters. The highest BCUT2D eigenvalue weighted by atomic mass is 16.5. The Morgan fingerprint density at radius 2 is 1.77 bits per heavy atom. The Hall–Kier alpha value is -2.32. The molecule has 3 rings (SSSR count). The molecule has 0 saturated carbocycles. The quantitative estimate of drug-likeness (QED) is 0.688. The van der Waals surface area contributed by atoms with Gasteiger partial charge in [-0.05, 0) is 47.0 Å². The zero-order valence-corrected chi connectivity index (χ0v) is 12.9. The zero-order chi connectivity index (χ0) is 15.2. The van der Waals surface area contributed by atoms with E-state index in [0.29, 0.717) is 0 Å². The van der Waals surface area contributed by atoms with Crippen LogP contribution in [0.5, 0.6) is 5.75 Å². The van der Waals surface area contributed by atoms with E-state index < -0.39 is 0 Å². The minimum atomic E-state index is 0.912. The van der Waals surface area contributed by atoms with Crippen LogP contribution < -0.4 is 10.1 Å². The summed E-state index contributed by atoms with van der Waals surface area (Å²) >= 11 is 0. The van der Waals surface area contributed by atoms with Gasteiger partial charge in [0.25, 0.3) is 0 Å². The fourth-order valence-corrected chi connectivity index (χ4v) is 2.71. The van der Waals surface area contributed by atoms with Gasteiger partial charge in [-0.1, -0.05) is 54.6 Å². The molecule has 0 heterocycles. The summed E-state index contributed by atoms with van der Waals surface area (Å²) in [4.78, 5) is 0. The van der Waals surface area contributed by atoms with Gasteiger partial charge in [-0.2, -0.15) is 0 Å². The van der Waals surface area contributed by atoms with Crippen molar-refractivity contribution >= 4 is 10.8 Å². The molecule has 0 radical (unpaired) electrons. The van der Waals surface area contributed by atoms with E-state index in [4.69, 9.17) is 4.74 Å². The Morgan fingerprint density at radius 3 is 2.59 bits per heavy atom. The van der Waals surface area contributed by atoms with Crippen molar-refractivity contribution in [2.24, 2.45) is 0 Å². The van der Waals surface area contributed by atoms with E-state index in [9.17, 15) is 0 Å². The largest absolute Gasteiger partial charge is 0.497 e. The number of benzene rings is 3.